The fourth-order valence-electron chi connectivity index (χ4n) is 2.27. The summed E-state index contributed by atoms with van der Waals surface area (Å²) in [6.07, 6.45) is 3.24. The highest BCUT2D eigenvalue weighted by molar-refractivity contribution is 5.90. The van der Waals surface area contributed by atoms with Crippen LogP contribution in [0.3, 0.4) is 0 Å². The molecular formula is C17H19N7O. The van der Waals surface area contributed by atoms with Gasteiger partial charge in [0.15, 0.2) is 17.5 Å². The van der Waals surface area contributed by atoms with Crippen molar-refractivity contribution in [3.8, 4) is 0 Å². The summed E-state index contributed by atoms with van der Waals surface area (Å²) in [5.74, 6) is 1.72. The summed E-state index contributed by atoms with van der Waals surface area (Å²) >= 11 is 0. The van der Waals surface area contributed by atoms with E-state index in [4.69, 9.17) is 0 Å². The third-order valence-corrected chi connectivity index (χ3v) is 3.42. The van der Waals surface area contributed by atoms with E-state index >= 15 is 0 Å². The SMILES string of the molecule is CC(=O)Nc1cc(Nc2cncc(Nc3cc(C)[nH]n3)n2)ccc1C. The molecule has 0 unspecified atom stereocenters. The van der Waals surface area contributed by atoms with Gasteiger partial charge in [0.2, 0.25) is 5.91 Å². The van der Waals surface area contributed by atoms with Crippen molar-refractivity contribution < 1.29 is 4.79 Å². The molecule has 4 N–H and O–H groups in total. The molecule has 0 radical (unpaired) electrons. The summed E-state index contributed by atoms with van der Waals surface area (Å²) in [7, 11) is 0. The van der Waals surface area contributed by atoms with E-state index in [9.17, 15) is 4.79 Å². The van der Waals surface area contributed by atoms with Crippen LogP contribution in [0.2, 0.25) is 0 Å². The summed E-state index contributed by atoms with van der Waals surface area (Å²) in [4.78, 5) is 19.9. The minimum Gasteiger partial charge on any atom is -0.339 e. The van der Waals surface area contributed by atoms with Crippen LogP contribution >= 0.6 is 0 Å². The standard InChI is InChI=1S/C17H19N7O/c1-10-4-5-13(7-14(10)19-12(3)25)20-16-8-18-9-17(22-16)21-15-6-11(2)23-24-15/h4-9H,1-3H3,(H,19,25)(H3,20,21,22,23,24). The number of anilines is 5. The second-order valence-electron chi connectivity index (χ2n) is 5.69. The number of carbonyl (C=O) groups is 1. The fraction of sp³-hybridized carbons (Fsp3) is 0.176. The molecule has 0 aliphatic carbocycles. The van der Waals surface area contributed by atoms with Crippen LogP contribution in [0.25, 0.3) is 0 Å². The van der Waals surface area contributed by atoms with Gasteiger partial charge in [0.1, 0.15) is 0 Å². The number of nitrogens with zero attached hydrogens (tertiary/aromatic N) is 3. The van der Waals surface area contributed by atoms with Crippen molar-refractivity contribution in [2.45, 2.75) is 20.8 Å². The first-order valence-corrected chi connectivity index (χ1v) is 7.76. The third kappa shape index (κ3) is 4.31. The normalized spacial score (nSPS) is 10.4. The van der Waals surface area contributed by atoms with Gasteiger partial charge in [-0.2, -0.15) is 5.10 Å². The lowest BCUT2D eigenvalue weighted by Gasteiger charge is -2.11. The molecule has 0 aliphatic rings. The van der Waals surface area contributed by atoms with Crippen molar-refractivity contribution in [2.24, 2.45) is 0 Å². The van der Waals surface area contributed by atoms with Crippen molar-refractivity contribution in [1.82, 2.24) is 20.2 Å². The van der Waals surface area contributed by atoms with Gasteiger partial charge in [-0.05, 0) is 31.5 Å². The Morgan fingerprint density at radius 3 is 2.48 bits per heavy atom. The molecular weight excluding hydrogens is 318 g/mol. The number of hydrogen-bond acceptors (Lipinski definition) is 6. The Bertz CT molecular complexity index is 904. The lowest BCUT2D eigenvalue weighted by atomic mass is 10.2. The molecule has 8 nitrogen and oxygen atoms in total. The number of carbonyl (C=O) groups excluding carboxylic acids is 1. The van der Waals surface area contributed by atoms with Gasteiger partial charge in [-0.3, -0.25) is 14.9 Å². The summed E-state index contributed by atoms with van der Waals surface area (Å²) in [6.45, 7) is 5.34. The summed E-state index contributed by atoms with van der Waals surface area (Å²) in [5, 5.41) is 16.0. The molecule has 0 saturated carbocycles. The van der Waals surface area contributed by atoms with Crippen molar-refractivity contribution in [3.05, 3.63) is 47.9 Å². The molecule has 2 aromatic heterocycles. The van der Waals surface area contributed by atoms with Gasteiger partial charge in [0.25, 0.3) is 0 Å². The van der Waals surface area contributed by atoms with Crippen LogP contribution in [0.5, 0.6) is 0 Å². The van der Waals surface area contributed by atoms with E-state index in [-0.39, 0.29) is 5.91 Å². The number of H-pyrrole nitrogens is 1. The van der Waals surface area contributed by atoms with Gasteiger partial charge in [0.05, 0.1) is 12.4 Å². The maximum absolute atomic E-state index is 11.3. The molecule has 0 spiro atoms. The van der Waals surface area contributed by atoms with Crippen LogP contribution < -0.4 is 16.0 Å². The Labute approximate surface area is 145 Å². The van der Waals surface area contributed by atoms with Gasteiger partial charge < -0.3 is 16.0 Å². The maximum Gasteiger partial charge on any atom is 0.221 e. The van der Waals surface area contributed by atoms with Crippen LogP contribution in [0.15, 0.2) is 36.7 Å². The average Bonchev–Trinajstić information content (AvgIpc) is 2.95. The van der Waals surface area contributed by atoms with E-state index in [0.29, 0.717) is 17.5 Å². The molecule has 3 rings (SSSR count). The van der Waals surface area contributed by atoms with Crippen molar-refractivity contribution in [2.75, 3.05) is 16.0 Å². The van der Waals surface area contributed by atoms with E-state index < -0.39 is 0 Å². The summed E-state index contributed by atoms with van der Waals surface area (Å²) in [5.41, 5.74) is 3.49. The lowest BCUT2D eigenvalue weighted by molar-refractivity contribution is -0.114. The smallest absolute Gasteiger partial charge is 0.221 e. The predicted octanol–water partition coefficient (Wildman–Crippen LogP) is 3.26. The van der Waals surface area contributed by atoms with Gasteiger partial charge in [-0.25, -0.2) is 4.98 Å². The number of benzene rings is 1. The summed E-state index contributed by atoms with van der Waals surface area (Å²) in [6, 6.07) is 7.58. The Kier molecular flexibility index (Phi) is 4.60. The second kappa shape index (κ2) is 7.00. The monoisotopic (exact) mass is 337 g/mol. The number of aromatic nitrogens is 4. The molecule has 0 aliphatic heterocycles. The van der Waals surface area contributed by atoms with Crippen LogP contribution in [0.1, 0.15) is 18.2 Å². The highest BCUT2D eigenvalue weighted by Crippen LogP contribution is 2.23. The number of amides is 1. The highest BCUT2D eigenvalue weighted by Gasteiger charge is 2.05. The number of aromatic amines is 1. The van der Waals surface area contributed by atoms with Crippen LogP contribution in [0.4, 0.5) is 28.8 Å². The predicted molar refractivity (Wildman–Crippen MR) is 97.4 cm³/mol. The number of hydrogen-bond donors (Lipinski definition) is 4. The number of nitrogens with one attached hydrogen (secondary N) is 4. The molecule has 1 amide bonds. The van der Waals surface area contributed by atoms with Crippen molar-refractivity contribution >= 4 is 34.7 Å². The molecule has 8 heteroatoms. The minimum atomic E-state index is -0.111. The summed E-state index contributed by atoms with van der Waals surface area (Å²) < 4.78 is 0. The first kappa shape index (κ1) is 16.4. The lowest BCUT2D eigenvalue weighted by Crippen LogP contribution is -2.07. The molecule has 0 atom stereocenters. The highest BCUT2D eigenvalue weighted by atomic mass is 16.1. The Hall–Kier alpha value is -3.42. The van der Waals surface area contributed by atoms with E-state index in [2.05, 4.69) is 36.1 Å². The van der Waals surface area contributed by atoms with Crippen LogP contribution in [-0.4, -0.2) is 26.1 Å². The largest absolute Gasteiger partial charge is 0.339 e. The molecule has 0 bridgehead atoms. The molecule has 3 aromatic rings. The molecule has 1 aromatic carbocycles. The van der Waals surface area contributed by atoms with E-state index in [1.54, 1.807) is 12.4 Å². The molecule has 128 valence electrons. The zero-order chi connectivity index (χ0) is 17.8. The van der Waals surface area contributed by atoms with E-state index in [0.717, 1.165) is 22.6 Å². The zero-order valence-electron chi connectivity index (χ0n) is 14.2. The van der Waals surface area contributed by atoms with Crippen molar-refractivity contribution in [1.29, 1.82) is 0 Å². The van der Waals surface area contributed by atoms with E-state index in [1.807, 2.05) is 38.1 Å². The minimum absolute atomic E-state index is 0.111. The first-order valence-electron chi connectivity index (χ1n) is 7.76. The third-order valence-electron chi connectivity index (χ3n) is 3.42. The van der Waals surface area contributed by atoms with Gasteiger partial charge in [-0.15, -0.1) is 0 Å². The molecule has 0 fully saturated rings. The van der Waals surface area contributed by atoms with E-state index in [1.165, 1.54) is 6.92 Å². The Balaban J connectivity index is 1.76. The van der Waals surface area contributed by atoms with Crippen LogP contribution in [0, 0.1) is 13.8 Å². The fourth-order valence-corrected chi connectivity index (χ4v) is 2.27. The topological polar surface area (TPSA) is 108 Å². The number of aryl methyl sites for hydroxylation is 2. The Morgan fingerprint density at radius 2 is 1.80 bits per heavy atom. The van der Waals surface area contributed by atoms with Crippen molar-refractivity contribution in [3.63, 3.8) is 0 Å². The Morgan fingerprint density at radius 1 is 1.04 bits per heavy atom. The molecule has 2 heterocycles. The van der Waals surface area contributed by atoms with Gasteiger partial charge in [0, 0.05) is 30.1 Å². The molecule has 0 saturated heterocycles. The zero-order valence-corrected chi connectivity index (χ0v) is 14.2. The quantitative estimate of drug-likeness (QED) is 0.569. The average molecular weight is 337 g/mol. The van der Waals surface area contributed by atoms with Gasteiger partial charge in [-0.1, -0.05) is 6.07 Å². The maximum atomic E-state index is 11.3. The van der Waals surface area contributed by atoms with Gasteiger partial charge >= 0.3 is 0 Å². The number of rotatable bonds is 5. The molecule has 25 heavy (non-hydrogen) atoms. The first-order chi connectivity index (χ1) is 12.0. The second-order valence-corrected chi connectivity index (χ2v) is 5.69. The van der Waals surface area contributed by atoms with Crippen LogP contribution in [-0.2, 0) is 4.79 Å².